The van der Waals surface area contributed by atoms with Crippen LogP contribution in [-0.2, 0) is 10.2 Å². The lowest BCUT2D eigenvalue weighted by Crippen LogP contribution is -2.54. The highest BCUT2D eigenvalue weighted by Gasteiger charge is 2.36. The quantitative estimate of drug-likeness (QED) is 0.906. The van der Waals surface area contributed by atoms with Gasteiger partial charge in [-0.15, -0.1) is 0 Å². The Morgan fingerprint density at radius 3 is 2.76 bits per heavy atom. The molecular formula is C18H26N2O. The number of benzene rings is 1. The molecule has 0 aliphatic carbocycles. The van der Waals surface area contributed by atoms with Gasteiger partial charge in [-0.2, -0.15) is 0 Å². The van der Waals surface area contributed by atoms with Crippen LogP contribution in [0.1, 0.15) is 44.6 Å². The second-order valence-electron chi connectivity index (χ2n) is 6.79. The molecule has 3 heteroatoms. The van der Waals surface area contributed by atoms with E-state index < -0.39 is 0 Å². The Kier molecular flexibility index (Phi) is 4.29. The molecule has 2 fully saturated rings. The summed E-state index contributed by atoms with van der Waals surface area (Å²) < 4.78 is 0. The van der Waals surface area contributed by atoms with Crippen molar-refractivity contribution in [2.24, 2.45) is 0 Å². The number of nitrogens with one attached hydrogen (secondary N) is 1. The normalized spacial score (nSPS) is 30.1. The Hall–Kier alpha value is -1.35. The van der Waals surface area contributed by atoms with Gasteiger partial charge >= 0.3 is 0 Å². The lowest BCUT2D eigenvalue weighted by molar-refractivity contribution is -0.136. The van der Waals surface area contributed by atoms with Gasteiger partial charge in [-0.25, -0.2) is 0 Å². The van der Waals surface area contributed by atoms with Gasteiger partial charge in [0.25, 0.3) is 0 Å². The molecule has 3 rings (SSSR count). The molecular weight excluding hydrogens is 260 g/mol. The van der Waals surface area contributed by atoms with Gasteiger partial charge in [-0.1, -0.05) is 43.7 Å². The summed E-state index contributed by atoms with van der Waals surface area (Å²) in [7, 11) is 0. The van der Waals surface area contributed by atoms with Crippen LogP contribution in [0, 0.1) is 0 Å². The molecule has 1 N–H and O–H groups in total. The highest BCUT2D eigenvalue weighted by Crippen LogP contribution is 2.34. The minimum atomic E-state index is 0.0527. The molecule has 0 saturated carbocycles. The third-order valence-electron chi connectivity index (χ3n) is 5.09. The maximum Gasteiger partial charge on any atom is 0.239 e. The summed E-state index contributed by atoms with van der Waals surface area (Å²) in [5.74, 6) is 0.316. The first kappa shape index (κ1) is 14.6. The Morgan fingerprint density at radius 1 is 1.24 bits per heavy atom. The van der Waals surface area contributed by atoms with E-state index >= 15 is 0 Å². The summed E-state index contributed by atoms with van der Waals surface area (Å²) in [6, 6.07) is 10.7. The zero-order valence-corrected chi connectivity index (χ0v) is 13.0. The van der Waals surface area contributed by atoms with E-state index in [2.05, 4.69) is 47.5 Å². The molecule has 2 aliphatic rings. The molecule has 2 aliphatic heterocycles. The van der Waals surface area contributed by atoms with Gasteiger partial charge in [0.05, 0.1) is 6.04 Å². The maximum atomic E-state index is 12.7. The zero-order chi connectivity index (χ0) is 14.7. The molecule has 1 amide bonds. The van der Waals surface area contributed by atoms with Gasteiger partial charge < -0.3 is 10.2 Å². The number of hydrogen-bond acceptors (Lipinski definition) is 2. The molecule has 21 heavy (non-hydrogen) atoms. The smallest absolute Gasteiger partial charge is 0.239 e. The molecule has 0 spiro atoms. The van der Waals surface area contributed by atoms with Crippen LogP contribution in [0.2, 0.25) is 0 Å². The van der Waals surface area contributed by atoms with E-state index in [1.54, 1.807) is 0 Å². The number of piperidine rings is 2. The van der Waals surface area contributed by atoms with Gasteiger partial charge in [-0.05, 0) is 37.8 Å². The minimum Gasteiger partial charge on any atom is -0.340 e. The molecule has 0 bridgehead atoms. The zero-order valence-electron chi connectivity index (χ0n) is 13.0. The second kappa shape index (κ2) is 6.18. The number of rotatable bonds is 2. The number of nitrogens with zero attached hydrogens (tertiary/aromatic N) is 1. The monoisotopic (exact) mass is 286 g/mol. The number of carbonyl (C=O) groups excluding carboxylic acids is 1. The van der Waals surface area contributed by atoms with Crippen molar-refractivity contribution in [1.82, 2.24) is 10.2 Å². The standard InChI is InChI=1S/C18H26N2O/c1-18(15-8-3-2-4-9-15)11-7-13-20(14-18)17(21)16-10-5-6-12-19-16/h2-4,8-9,16,19H,5-7,10-14H2,1H3. The summed E-state index contributed by atoms with van der Waals surface area (Å²) >= 11 is 0. The van der Waals surface area contributed by atoms with E-state index in [-0.39, 0.29) is 11.5 Å². The summed E-state index contributed by atoms with van der Waals surface area (Å²) in [6.07, 6.45) is 5.64. The number of hydrogen-bond donors (Lipinski definition) is 1. The Morgan fingerprint density at radius 2 is 2.05 bits per heavy atom. The minimum absolute atomic E-state index is 0.0527. The summed E-state index contributed by atoms with van der Waals surface area (Å²) in [4.78, 5) is 14.8. The third kappa shape index (κ3) is 3.13. The van der Waals surface area contributed by atoms with Crippen LogP contribution in [0.5, 0.6) is 0 Å². The van der Waals surface area contributed by atoms with E-state index in [1.807, 2.05) is 0 Å². The highest BCUT2D eigenvalue weighted by atomic mass is 16.2. The van der Waals surface area contributed by atoms with Crippen LogP contribution in [0.25, 0.3) is 0 Å². The van der Waals surface area contributed by atoms with Gasteiger partial charge in [0, 0.05) is 18.5 Å². The van der Waals surface area contributed by atoms with E-state index in [0.29, 0.717) is 5.91 Å². The van der Waals surface area contributed by atoms with E-state index in [9.17, 15) is 4.79 Å². The topological polar surface area (TPSA) is 32.3 Å². The average Bonchev–Trinajstić information content (AvgIpc) is 2.56. The van der Waals surface area contributed by atoms with Gasteiger partial charge in [-0.3, -0.25) is 4.79 Å². The molecule has 2 saturated heterocycles. The van der Waals surface area contributed by atoms with Gasteiger partial charge in [0.2, 0.25) is 5.91 Å². The Balaban J connectivity index is 1.72. The van der Waals surface area contributed by atoms with Crippen molar-refractivity contribution in [1.29, 1.82) is 0 Å². The maximum absolute atomic E-state index is 12.7. The number of likely N-dealkylation sites (tertiary alicyclic amines) is 1. The van der Waals surface area contributed by atoms with Crippen molar-refractivity contribution in [3.8, 4) is 0 Å². The van der Waals surface area contributed by atoms with E-state index in [0.717, 1.165) is 32.5 Å². The van der Waals surface area contributed by atoms with Crippen molar-refractivity contribution in [2.75, 3.05) is 19.6 Å². The highest BCUT2D eigenvalue weighted by molar-refractivity contribution is 5.82. The summed E-state index contributed by atoms with van der Waals surface area (Å²) in [6.45, 7) is 5.06. The number of amides is 1. The van der Waals surface area contributed by atoms with E-state index in [1.165, 1.54) is 24.8 Å². The van der Waals surface area contributed by atoms with Crippen LogP contribution in [0.4, 0.5) is 0 Å². The van der Waals surface area contributed by atoms with Crippen molar-refractivity contribution in [2.45, 2.75) is 50.5 Å². The molecule has 2 atom stereocenters. The Labute approximate surface area is 127 Å². The molecule has 2 unspecified atom stereocenters. The molecule has 2 heterocycles. The molecule has 0 aromatic heterocycles. The lowest BCUT2D eigenvalue weighted by Gasteiger charge is -2.42. The van der Waals surface area contributed by atoms with Crippen molar-refractivity contribution in [3.63, 3.8) is 0 Å². The van der Waals surface area contributed by atoms with E-state index in [4.69, 9.17) is 0 Å². The molecule has 0 radical (unpaired) electrons. The Bertz CT molecular complexity index is 481. The van der Waals surface area contributed by atoms with Gasteiger partial charge in [0.1, 0.15) is 0 Å². The van der Waals surface area contributed by atoms with Crippen LogP contribution >= 0.6 is 0 Å². The fourth-order valence-corrected chi connectivity index (χ4v) is 3.79. The predicted molar refractivity (Wildman–Crippen MR) is 85.2 cm³/mol. The first-order chi connectivity index (χ1) is 10.2. The average molecular weight is 286 g/mol. The molecule has 1 aromatic rings. The predicted octanol–water partition coefficient (Wildman–Crippen LogP) is 2.71. The fourth-order valence-electron chi connectivity index (χ4n) is 3.79. The SMILES string of the molecule is CC1(c2ccccc2)CCCN(C(=O)C2CCCCN2)C1. The number of carbonyl (C=O) groups is 1. The van der Waals surface area contributed by atoms with Gasteiger partial charge in [0.15, 0.2) is 0 Å². The van der Waals surface area contributed by atoms with Crippen molar-refractivity contribution >= 4 is 5.91 Å². The van der Waals surface area contributed by atoms with Crippen molar-refractivity contribution in [3.05, 3.63) is 35.9 Å². The third-order valence-corrected chi connectivity index (χ3v) is 5.09. The summed E-state index contributed by atoms with van der Waals surface area (Å²) in [5, 5.41) is 3.39. The molecule has 114 valence electrons. The largest absolute Gasteiger partial charge is 0.340 e. The van der Waals surface area contributed by atoms with Crippen LogP contribution in [0.15, 0.2) is 30.3 Å². The first-order valence-corrected chi connectivity index (χ1v) is 8.27. The van der Waals surface area contributed by atoms with Crippen LogP contribution in [0.3, 0.4) is 0 Å². The van der Waals surface area contributed by atoms with Crippen LogP contribution in [-0.4, -0.2) is 36.5 Å². The first-order valence-electron chi connectivity index (χ1n) is 8.27. The molecule has 1 aromatic carbocycles. The van der Waals surface area contributed by atoms with Crippen LogP contribution < -0.4 is 5.32 Å². The lowest BCUT2D eigenvalue weighted by atomic mass is 9.75. The second-order valence-corrected chi connectivity index (χ2v) is 6.79. The summed E-state index contributed by atoms with van der Waals surface area (Å²) in [5.41, 5.74) is 1.46. The fraction of sp³-hybridized carbons (Fsp3) is 0.611. The molecule has 3 nitrogen and oxygen atoms in total. The van der Waals surface area contributed by atoms with Crippen molar-refractivity contribution < 1.29 is 4.79 Å².